The van der Waals surface area contributed by atoms with Gasteiger partial charge in [-0.1, -0.05) is 11.8 Å². The van der Waals surface area contributed by atoms with Crippen molar-refractivity contribution < 1.29 is 18.7 Å². The van der Waals surface area contributed by atoms with Gasteiger partial charge < -0.3 is 16.2 Å². The summed E-state index contributed by atoms with van der Waals surface area (Å²) in [7, 11) is 0. The molecule has 27 heavy (non-hydrogen) atoms. The third kappa shape index (κ3) is 4.48. The molecule has 0 radical (unpaired) electrons. The molecule has 0 saturated heterocycles. The van der Waals surface area contributed by atoms with E-state index in [1.54, 1.807) is 6.92 Å². The molecule has 144 valence electrons. The van der Waals surface area contributed by atoms with Crippen LogP contribution in [-0.4, -0.2) is 26.9 Å². The minimum atomic E-state index is -0.960. The maximum Gasteiger partial charge on any atom is 0.277 e. The maximum absolute atomic E-state index is 14.4. The average molecular weight is 415 g/mol. The summed E-state index contributed by atoms with van der Waals surface area (Å²) in [5.41, 5.74) is 5.01. The summed E-state index contributed by atoms with van der Waals surface area (Å²) in [6.45, 7) is 1.77. The fourth-order valence-corrected chi connectivity index (χ4v) is 3.66. The summed E-state index contributed by atoms with van der Waals surface area (Å²) in [4.78, 5) is 20.1. The molecule has 3 rings (SSSR count). The number of pyridine rings is 1. The summed E-state index contributed by atoms with van der Waals surface area (Å²) >= 11 is 1.40. The number of benzene rings is 1. The molecule has 2 heterocycles. The number of anilines is 1. The number of rotatable bonds is 3. The van der Waals surface area contributed by atoms with Gasteiger partial charge in [-0.2, -0.15) is 0 Å². The minimum Gasteiger partial charge on any atom is -0.506 e. The zero-order chi connectivity index (χ0) is 18.9. The normalized spacial score (nSPS) is 19.0. The Kier molecular flexibility index (Phi) is 6.27. The average Bonchev–Trinajstić information content (AvgIpc) is 2.56. The van der Waals surface area contributed by atoms with Gasteiger partial charge in [-0.25, -0.2) is 13.8 Å². The van der Waals surface area contributed by atoms with Crippen molar-refractivity contribution in [2.24, 2.45) is 10.7 Å². The lowest BCUT2D eigenvalue weighted by Crippen LogP contribution is -2.30. The van der Waals surface area contributed by atoms with Crippen LogP contribution in [0.5, 0.6) is 5.75 Å². The highest BCUT2D eigenvalue weighted by atomic mass is 35.5. The molecular formula is C17H17ClF2N4O2S. The van der Waals surface area contributed by atoms with E-state index in [9.17, 15) is 13.6 Å². The molecule has 0 spiro atoms. The number of nitrogens with zero attached hydrogens (tertiary/aromatic N) is 2. The van der Waals surface area contributed by atoms with Gasteiger partial charge >= 0.3 is 0 Å². The van der Waals surface area contributed by atoms with Gasteiger partial charge in [0.25, 0.3) is 5.91 Å². The number of halogens is 3. The van der Waals surface area contributed by atoms with Gasteiger partial charge in [-0.05, 0) is 31.5 Å². The highest BCUT2D eigenvalue weighted by Gasteiger charge is 2.32. The van der Waals surface area contributed by atoms with Gasteiger partial charge in [0, 0.05) is 23.1 Å². The first-order valence-electron chi connectivity index (χ1n) is 7.72. The van der Waals surface area contributed by atoms with Crippen LogP contribution in [0, 0.1) is 11.6 Å². The molecule has 10 heteroatoms. The van der Waals surface area contributed by atoms with E-state index in [1.165, 1.54) is 30.0 Å². The lowest BCUT2D eigenvalue weighted by atomic mass is 9.89. The minimum absolute atomic E-state index is 0. The molecule has 1 aromatic heterocycles. The summed E-state index contributed by atoms with van der Waals surface area (Å²) < 4.78 is 28.1. The SMILES string of the molecule is C[C@@]1(c2cc(NC(=O)c3ncc(O)cc3F)ccc2F)CCSC(N)=N1.Cl. The van der Waals surface area contributed by atoms with Gasteiger partial charge in [-0.3, -0.25) is 9.79 Å². The van der Waals surface area contributed by atoms with Gasteiger partial charge in [0.15, 0.2) is 16.7 Å². The molecule has 6 nitrogen and oxygen atoms in total. The van der Waals surface area contributed by atoms with E-state index in [2.05, 4.69) is 15.3 Å². The van der Waals surface area contributed by atoms with Crippen LogP contribution in [-0.2, 0) is 5.54 Å². The van der Waals surface area contributed by atoms with Crippen LogP contribution < -0.4 is 11.1 Å². The Balaban J connectivity index is 0.00000261. The van der Waals surface area contributed by atoms with E-state index in [0.717, 1.165) is 12.3 Å². The maximum atomic E-state index is 14.4. The first-order valence-corrected chi connectivity index (χ1v) is 8.71. The van der Waals surface area contributed by atoms with Crippen molar-refractivity contribution in [3.63, 3.8) is 0 Å². The number of amidine groups is 1. The number of aromatic nitrogens is 1. The molecule has 0 fully saturated rings. The third-order valence-corrected chi connectivity index (χ3v) is 4.84. The zero-order valence-corrected chi connectivity index (χ0v) is 15.8. The van der Waals surface area contributed by atoms with Crippen LogP contribution in [0.1, 0.15) is 29.4 Å². The first kappa shape index (κ1) is 20.9. The molecule has 4 N–H and O–H groups in total. The Morgan fingerprint density at radius 3 is 2.74 bits per heavy atom. The number of carbonyl (C=O) groups excluding carboxylic acids is 1. The monoisotopic (exact) mass is 414 g/mol. The number of hydrogen-bond donors (Lipinski definition) is 3. The van der Waals surface area contributed by atoms with Crippen LogP contribution in [0.25, 0.3) is 0 Å². The number of nitrogens with two attached hydrogens (primary N) is 1. The number of amides is 1. The second-order valence-electron chi connectivity index (χ2n) is 6.00. The second-order valence-corrected chi connectivity index (χ2v) is 7.11. The number of aromatic hydroxyl groups is 1. The summed E-state index contributed by atoms with van der Waals surface area (Å²) in [5, 5.41) is 12.0. The van der Waals surface area contributed by atoms with Crippen molar-refractivity contribution >= 4 is 40.9 Å². The Morgan fingerprint density at radius 1 is 1.33 bits per heavy atom. The Bertz CT molecular complexity index is 912. The fourth-order valence-electron chi connectivity index (χ4n) is 2.68. The van der Waals surface area contributed by atoms with Crippen LogP contribution in [0.3, 0.4) is 0 Å². The molecule has 1 aromatic carbocycles. The highest BCUT2D eigenvalue weighted by Crippen LogP contribution is 2.37. The van der Waals surface area contributed by atoms with Crippen LogP contribution in [0.2, 0.25) is 0 Å². The number of thioether (sulfide) groups is 1. The number of nitrogens with one attached hydrogen (secondary N) is 1. The fraction of sp³-hybridized carbons (Fsp3) is 0.235. The molecule has 1 amide bonds. The standard InChI is InChI=1S/C17H16F2N4O2S.ClH/c1-17(4-5-26-16(20)23-17)11-6-9(2-3-12(11)18)22-15(25)14-13(19)7-10(24)8-21-14;/h2-3,6-8,24H,4-5H2,1H3,(H2,20,23)(H,22,25);1H/t17-;/m0./s1. The second kappa shape index (κ2) is 8.10. The molecule has 0 aliphatic carbocycles. The van der Waals surface area contributed by atoms with Crippen LogP contribution in [0.4, 0.5) is 14.5 Å². The van der Waals surface area contributed by atoms with Crippen molar-refractivity contribution in [3.8, 4) is 5.75 Å². The van der Waals surface area contributed by atoms with Crippen LogP contribution in [0.15, 0.2) is 35.5 Å². The van der Waals surface area contributed by atoms with Gasteiger partial charge in [0.05, 0.1) is 11.7 Å². The number of aliphatic imine (C=N–C) groups is 1. The van der Waals surface area contributed by atoms with Crippen molar-refractivity contribution in [2.45, 2.75) is 18.9 Å². The summed E-state index contributed by atoms with van der Waals surface area (Å²) in [5.74, 6) is -1.93. The van der Waals surface area contributed by atoms with E-state index in [4.69, 9.17) is 10.8 Å². The summed E-state index contributed by atoms with van der Waals surface area (Å²) in [6, 6.07) is 4.82. The number of hydrogen-bond acceptors (Lipinski definition) is 6. The number of carbonyl (C=O) groups is 1. The molecule has 0 bridgehead atoms. The quantitative estimate of drug-likeness (QED) is 0.714. The Labute approximate surface area is 164 Å². The van der Waals surface area contributed by atoms with E-state index in [1.807, 2.05) is 0 Å². The Hall–Kier alpha value is -2.39. The topological polar surface area (TPSA) is 101 Å². The lowest BCUT2D eigenvalue weighted by molar-refractivity contribution is 0.101. The van der Waals surface area contributed by atoms with Gasteiger partial charge in [0.1, 0.15) is 11.6 Å². The van der Waals surface area contributed by atoms with Gasteiger partial charge in [0.2, 0.25) is 0 Å². The molecule has 1 aliphatic rings. The van der Waals surface area contributed by atoms with Crippen molar-refractivity contribution in [2.75, 3.05) is 11.1 Å². The Morgan fingerprint density at radius 2 is 2.07 bits per heavy atom. The van der Waals surface area contributed by atoms with Crippen molar-refractivity contribution in [1.29, 1.82) is 0 Å². The molecule has 0 unspecified atom stereocenters. The molecule has 0 saturated carbocycles. The third-order valence-electron chi connectivity index (χ3n) is 4.04. The lowest BCUT2D eigenvalue weighted by Gasteiger charge is -2.30. The molecular weight excluding hydrogens is 398 g/mol. The highest BCUT2D eigenvalue weighted by molar-refractivity contribution is 8.13. The van der Waals surface area contributed by atoms with E-state index in [-0.39, 0.29) is 29.4 Å². The first-order chi connectivity index (χ1) is 12.3. The van der Waals surface area contributed by atoms with E-state index >= 15 is 0 Å². The zero-order valence-electron chi connectivity index (χ0n) is 14.2. The predicted molar refractivity (Wildman–Crippen MR) is 104 cm³/mol. The summed E-state index contributed by atoms with van der Waals surface area (Å²) in [6.07, 6.45) is 1.55. The van der Waals surface area contributed by atoms with E-state index < -0.39 is 28.8 Å². The van der Waals surface area contributed by atoms with Crippen molar-refractivity contribution in [1.82, 2.24) is 4.98 Å². The predicted octanol–water partition coefficient (Wildman–Crippen LogP) is 3.41. The van der Waals surface area contributed by atoms with Gasteiger partial charge in [-0.15, -0.1) is 12.4 Å². The molecule has 2 aromatic rings. The molecule has 1 aliphatic heterocycles. The molecule has 1 atom stereocenters. The smallest absolute Gasteiger partial charge is 0.277 e. The largest absolute Gasteiger partial charge is 0.506 e. The van der Waals surface area contributed by atoms with Crippen LogP contribution >= 0.6 is 24.2 Å². The van der Waals surface area contributed by atoms with E-state index in [0.29, 0.717) is 17.3 Å². The van der Waals surface area contributed by atoms with Crippen molar-refractivity contribution in [3.05, 3.63) is 53.4 Å².